The monoisotopic (exact) mass is 294 g/mol. The second kappa shape index (κ2) is 4.34. The Labute approximate surface area is 123 Å². The van der Waals surface area contributed by atoms with Crippen LogP contribution < -0.4 is 0 Å². The van der Waals surface area contributed by atoms with Crippen LogP contribution in [-0.2, 0) is 10.3 Å². The maximum Gasteiger partial charge on any atom is 0.374 e. The standard InChI is InChI=1S/C16H22O5/c1-15(2)5-8-10(6-15)16(3,19)11-9(12(8)17)7-21-13(11)14(18)20-4/h7-8,10,12,17,19H,5-6H2,1-4H3/t8-,10+,12+,16-/m1/s1. The molecule has 2 aliphatic rings. The first-order valence-electron chi connectivity index (χ1n) is 7.29. The van der Waals surface area contributed by atoms with E-state index in [1.165, 1.54) is 13.4 Å². The molecular formula is C16H22O5. The van der Waals surface area contributed by atoms with Gasteiger partial charge in [0.15, 0.2) is 0 Å². The molecule has 0 bridgehead atoms. The van der Waals surface area contributed by atoms with Gasteiger partial charge in [0.05, 0.1) is 25.1 Å². The number of furan rings is 1. The molecule has 0 radical (unpaired) electrons. The first kappa shape index (κ1) is 14.6. The third-order valence-corrected chi connectivity index (χ3v) is 5.22. The smallest absolute Gasteiger partial charge is 0.374 e. The van der Waals surface area contributed by atoms with E-state index in [0.29, 0.717) is 11.1 Å². The van der Waals surface area contributed by atoms with Gasteiger partial charge in [-0.05, 0) is 37.0 Å². The number of ether oxygens (including phenoxy) is 1. The third-order valence-electron chi connectivity index (χ3n) is 5.22. The summed E-state index contributed by atoms with van der Waals surface area (Å²) in [6.45, 7) is 5.99. The van der Waals surface area contributed by atoms with E-state index >= 15 is 0 Å². The Balaban J connectivity index is 2.14. The summed E-state index contributed by atoms with van der Waals surface area (Å²) in [6.07, 6.45) is 2.30. The lowest BCUT2D eigenvalue weighted by molar-refractivity contribution is -0.0707. The van der Waals surface area contributed by atoms with Crippen molar-refractivity contribution in [2.45, 2.75) is 45.3 Å². The van der Waals surface area contributed by atoms with E-state index in [9.17, 15) is 15.0 Å². The van der Waals surface area contributed by atoms with Gasteiger partial charge in [-0.2, -0.15) is 0 Å². The fraction of sp³-hybridized carbons (Fsp3) is 0.688. The number of hydrogen-bond acceptors (Lipinski definition) is 5. The van der Waals surface area contributed by atoms with Gasteiger partial charge in [0.1, 0.15) is 0 Å². The van der Waals surface area contributed by atoms with Crippen LogP contribution in [0.3, 0.4) is 0 Å². The van der Waals surface area contributed by atoms with Gasteiger partial charge in [0.2, 0.25) is 5.76 Å². The van der Waals surface area contributed by atoms with Crippen molar-refractivity contribution in [1.29, 1.82) is 0 Å². The second-order valence-electron chi connectivity index (χ2n) is 7.32. The fourth-order valence-electron chi connectivity index (χ4n) is 4.33. The number of aliphatic hydroxyl groups excluding tert-OH is 1. The highest BCUT2D eigenvalue weighted by atomic mass is 16.5. The predicted molar refractivity (Wildman–Crippen MR) is 74.6 cm³/mol. The van der Waals surface area contributed by atoms with Crippen LogP contribution in [0.15, 0.2) is 10.7 Å². The molecule has 5 heteroatoms. The molecule has 1 fully saturated rings. The zero-order chi connectivity index (χ0) is 15.6. The van der Waals surface area contributed by atoms with Crippen molar-refractivity contribution in [2.75, 3.05) is 7.11 Å². The second-order valence-corrected chi connectivity index (χ2v) is 7.32. The van der Waals surface area contributed by atoms with Crippen molar-refractivity contribution < 1.29 is 24.2 Å². The summed E-state index contributed by atoms with van der Waals surface area (Å²) in [5.41, 5.74) is -0.240. The Morgan fingerprint density at radius 1 is 1.38 bits per heavy atom. The molecular weight excluding hydrogens is 272 g/mol. The first-order chi connectivity index (χ1) is 9.69. The van der Waals surface area contributed by atoms with Crippen LogP contribution in [0.25, 0.3) is 0 Å². The molecule has 21 heavy (non-hydrogen) atoms. The minimum Gasteiger partial charge on any atom is -0.463 e. The van der Waals surface area contributed by atoms with Gasteiger partial charge in [-0.3, -0.25) is 0 Å². The minimum atomic E-state index is -1.20. The van der Waals surface area contributed by atoms with Gasteiger partial charge in [0, 0.05) is 11.1 Å². The molecule has 0 unspecified atom stereocenters. The van der Waals surface area contributed by atoms with Crippen LogP contribution in [0.2, 0.25) is 0 Å². The molecule has 0 aliphatic heterocycles. The summed E-state index contributed by atoms with van der Waals surface area (Å²) >= 11 is 0. The molecule has 0 saturated heterocycles. The van der Waals surface area contributed by atoms with Crippen LogP contribution >= 0.6 is 0 Å². The number of rotatable bonds is 1. The van der Waals surface area contributed by atoms with Gasteiger partial charge in [-0.25, -0.2) is 4.79 Å². The lowest BCUT2D eigenvalue weighted by Gasteiger charge is -2.41. The quantitative estimate of drug-likeness (QED) is 0.777. The molecule has 1 heterocycles. The fourth-order valence-corrected chi connectivity index (χ4v) is 4.33. The van der Waals surface area contributed by atoms with Crippen molar-refractivity contribution >= 4 is 5.97 Å². The van der Waals surface area contributed by atoms with Gasteiger partial charge >= 0.3 is 5.97 Å². The highest BCUT2D eigenvalue weighted by Gasteiger charge is 2.57. The lowest BCUT2D eigenvalue weighted by Crippen LogP contribution is -2.42. The van der Waals surface area contributed by atoms with Crippen LogP contribution in [0.4, 0.5) is 0 Å². The van der Waals surface area contributed by atoms with Crippen molar-refractivity contribution in [1.82, 2.24) is 0 Å². The van der Waals surface area contributed by atoms with Gasteiger partial charge in [-0.15, -0.1) is 0 Å². The van der Waals surface area contributed by atoms with Gasteiger partial charge < -0.3 is 19.4 Å². The van der Waals surface area contributed by atoms with E-state index in [4.69, 9.17) is 9.15 Å². The molecule has 116 valence electrons. The number of esters is 1. The zero-order valence-electron chi connectivity index (χ0n) is 12.8. The summed E-state index contributed by atoms with van der Waals surface area (Å²) in [4.78, 5) is 11.9. The Hall–Kier alpha value is -1.33. The van der Waals surface area contributed by atoms with E-state index in [1.807, 2.05) is 0 Å². The van der Waals surface area contributed by atoms with Crippen LogP contribution in [0.1, 0.15) is 61.4 Å². The van der Waals surface area contributed by atoms with E-state index < -0.39 is 17.7 Å². The topological polar surface area (TPSA) is 79.9 Å². The summed E-state index contributed by atoms with van der Waals surface area (Å²) < 4.78 is 10.0. The molecule has 2 N–H and O–H groups in total. The predicted octanol–water partition coefficient (Wildman–Crippen LogP) is 2.37. The summed E-state index contributed by atoms with van der Waals surface area (Å²) in [5, 5.41) is 21.7. The Morgan fingerprint density at radius 3 is 2.67 bits per heavy atom. The average molecular weight is 294 g/mol. The normalized spacial score (nSPS) is 37.0. The number of hydrogen-bond donors (Lipinski definition) is 2. The lowest BCUT2D eigenvalue weighted by atomic mass is 9.67. The maximum absolute atomic E-state index is 11.9. The minimum absolute atomic E-state index is 0.000272. The first-order valence-corrected chi connectivity index (χ1v) is 7.29. The number of carbonyl (C=O) groups excluding carboxylic acids is 1. The molecule has 0 amide bonds. The molecule has 2 aliphatic carbocycles. The van der Waals surface area contributed by atoms with Crippen molar-refractivity contribution in [3.8, 4) is 0 Å². The van der Waals surface area contributed by atoms with E-state index in [-0.39, 0.29) is 23.0 Å². The summed E-state index contributed by atoms with van der Waals surface area (Å²) in [5.74, 6) is -0.749. The molecule has 0 spiro atoms. The van der Waals surface area contributed by atoms with Crippen LogP contribution in [0.5, 0.6) is 0 Å². The Kier molecular flexibility index (Phi) is 3.01. The third kappa shape index (κ3) is 1.94. The van der Waals surface area contributed by atoms with Gasteiger partial charge in [0.25, 0.3) is 0 Å². The van der Waals surface area contributed by atoms with E-state index in [1.54, 1.807) is 6.92 Å². The van der Waals surface area contributed by atoms with Crippen molar-refractivity contribution in [3.63, 3.8) is 0 Å². The molecule has 4 atom stereocenters. The summed E-state index contributed by atoms with van der Waals surface area (Å²) in [6, 6.07) is 0. The van der Waals surface area contributed by atoms with Crippen molar-refractivity contribution in [3.05, 3.63) is 23.2 Å². The Bertz CT molecular complexity index is 583. The molecule has 1 saturated carbocycles. The van der Waals surface area contributed by atoms with Crippen molar-refractivity contribution in [2.24, 2.45) is 17.3 Å². The highest BCUT2D eigenvalue weighted by molar-refractivity contribution is 5.89. The zero-order valence-corrected chi connectivity index (χ0v) is 12.8. The van der Waals surface area contributed by atoms with Crippen LogP contribution in [-0.4, -0.2) is 23.3 Å². The summed E-state index contributed by atoms with van der Waals surface area (Å²) in [7, 11) is 1.27. The van der Waals surface area contributed by atoms with Gasteiger partial charge in [-0.1, -0.05) is 13.8 Å². The molecule has 1 aromatic rings. The molecule has 1 aromatic heterocycles. The Morgan fingerprint density at radius 2 is 2.05 bits per heavy atom. The molecule has 0 aromatic carbocycles. The van der Waals surface area contributed by atoms with E-state index in [0.717, 1.165) is 12.8 Å². The van der Waals surface area contributed by atoms with E-state index in [2.05, 4.69) is 13.8 Å². The number of fused-ring (bicyclic) bond motifs is 2. The largest absolute Gasteiger partial charge is 0.463 e. The number of carbonyl (C=O) groups is 1. The highest BCUT2D eigenvalue weighted by Crippen LogP contribution is 2.60. The number of aliphatic hydroxyl groups is 2. The SMILES string of the molecule is COC(=O)c1occ2c1[C@](C)(O)[C@H]1CC(C)(C)C[C@H]1[C@@H]2O. The number of methoxy groups -OCH3 is 1. The molecule has 5 nitrogen and oxygen atoms in total. The maximum atomic E-state index is 11.9. The van der Waals surface area contributed by atoms with Crippen LogP contribution in [0, 0.1) is 17.3 Å². The molecule has 3 rings (SSSR count). The average Bonchev–Trinajstić information content (AvgIpc) is 2.97.